The maximum Gasteiger partial charge on any atom is 0.528 e. The first-order valence-corrected chi connectivity index (χ1v) is 15.5. The summed E-state index contributed by atoms with van der Waals surface area (Å²) in [6.45, 7) is 2.14. The summed E-state index contributed by atoms with van der Waals surface area (Å²) in [4.78, 5) is 0. The molecule has 0 aliphatic carbocycles. The minimum atomic E-state index is -2.88. The lowest BCUT2D eigenvalue weighted by Gasteiger charge is -2.26. The maximum atomic E-state index is 9.65. The van der Waals surface area contributed by atoms with E-state index in [1.807, 2.05) is 35.3 Å². The van der Waals surface area contributed by atoms with Crippen molar-refractivity contribution < 1.29 is 28.6 Å². The normalized spacial score (nSPS) is 15.7. The third kappa shape index (κ3) is 5.55. The molecule has 1 aromatic carbocycles. The second kappa shape index (κ2) is 10.4. The van der Waals surface area contributed by atoms with Crippen LogP contribution in [-0.2, 0) is 13.3 Å². The fraction of sp³-hybridized carbons (Fsp3) is 0.412. The van der Waals surface area contributed by atoms with Crippen molar-refractivity contribution in [2.24, 2.45) is 0 Å². The van der Waals surface area contributed by atoms with E-state index in [-0.39, 0.29) is 18.7 Å². The second-order valence-corrected chi connectivity index (χ2v) is 16.9. The quantitative estimate of drug-likeness (QED) is 0.447. The predicted molar refractivity (Wildman–Crippen MR) is 110 cm³/mol. The van der Waals surface area contributed by atoms with Gasteiger partial charge in [-0.3, -0.25) is 0 Å². The first kappa shape index (κ1) is 23.2. The van der Waals surface area contributed by atoms with Gasteiger partial charge in [0.1, 0.15) is 8.07 Å². The third-order valence-corrected chi connectivity index (χ3v) is 13.6. The molecule has 0 radical (unpaired) electrons. The van der Waals surface area contributed by atoms with Gasteiger partial charge in [-0.25, -0.2) is 0 Å². The summed E-state index contributed by atoms with van der Waals surface area (Å²) in [6, 6.07) is 10.0. The Kier molecular flexibility index (Phi) is 9.30. The summed E-state index contributed by atoms with van der Waals surface area (Å²) < 4.78 is 16.4. The average molecular weight is 415 g/mol. The van der Waals surface area contributed by atoms with Crippen molar-refractivity contribution in [1.29, 1.82) is 0 Å². The summed E-state index contributed by atoms with van der Waals surface area (Å²) in [5, 5.41) is 30.1. The average Bonchev–Trinajstić information content (AvgIpc) is 2.71. The highest BCUT2D eigenvalue weighted by Crippen LogP contribution is 2.15. The van der Waals surface area contributed by atoms with Crippen molar-refractivity contribution in [2.75, 3.05) is 40.0 Å². The third-order valence-electron chi connectivity index (χ3n) is 4.61. The van der Waals surface area contributed by atoms with Crippen molar-refractivity contribution in [2.45, 2.75) is 6.55 Å². The molecule has 1 atom stereocenters. The number of aliphatic hydroxyl groups is 3. The molecule has 0 saturated carbocycles. The number of benzene rings is 1. The van der Waals surface area contributed by atoms with Crippen LogP contribution >= 0.6 is 0 Å². The van der Waals surface area contributed by atoms with Crippen LogP contribution in [0.1, 0.15) is 0 Å². The van der Waals surface area contributed by atoms with Gasteiger partial charge in [0.15, 0.2) is 8.07 Å². The van der Waals surface area contributed by atoms with Gasteiger partial charge in [-0.15, -0.1) is 0 Å². The number of hydrogen-bond donors (Lipinski definition) is 3. The lowest BCUT2D eigenvalue weighted by atomic mass is 10.4. The molecule has 26 heavy (non-hydrogen) atoms. The molecule has 0 saturated heterocycles. The molecule has 0 heterocycles. The molecule has 0 aliphatic heterocycles. The Labute approximate surface area is 158 Å². The Hall–Kier alpha value is -0.889. The fourth-order valence-electron chi connectivity index (χ4n) is 2.43. The van der Waals surface area contributed by atoms with Gasteiger partial charge in [-0.2, -0.15) is 0 Å². The lowest BCUT2D eigenvalue weighted by Crippen LogP contribution is -2.49. The molecule has 6 nitrogen and oxygen atoms in total. The minimum absolute atomic E-state index is 0.202. The molecule has 0 spiro atoms. The highest BCUT2D eigenvalue weighted by atomic mass is 28.4. The Bertz CT molecular complexity index is 539. The van der Waals surface area contributed by atoms with E-state index in [4.69, 9.17) is 13.3 Å². The van der Waals surface area contributed by atoms with Crippen LogP contribution in [0.25, 0.3) is 0 Å². The van der Waals surface area contributed by atoms with Gasteiger partial charge in [0.2, 0.25) is 0 Å². The number of aliphatic hydroxyl groups excluding tert-OH is 3. The first-order valence-electron chi connectivity index (χ1n) is 8.33. The molecular weight excluding hydrogens is 384 g/mol. The zero-order valence-corrected chi connectivity index (χ0v) is 18.9. The SMILES string of the molecule is CO[Si](C=C[Si](C)(C=C[Si](CO)(CO)CO)c1ccccc1)(OC)OC. The predicted octanol–water partition coefficient (Wildman–Crippen LogP) is 0.163. The van der Waals surface area contributed by atoms with Crippen LogP contribution in [0.2, 0.25) is 6.55 Å². The van der Waals surface area contributed by atoms with Crippen molar-refractivity contribution in [3.63, 3.8) is 0 Å². The van der Waals surface area contributed by atoms with Crippen molar-refractivity contribution in [3.05, 3.63) is 53.1 Å². The van der Waals surface area contributed by atoms with E-state index >= 15 is 0 Å². The zero-order valence-electron chi connectivity index (χ0n) is 15.9. The van der Waals surface area contributed by atoms with Gasteiger partial charge in [-0.1, -0.05) is 59.2 Å². The van der Waals surface area contributed by atoms with E-state index in [1.54, 1.807) is 21.3 Å². The van der Waals surface area contributed by atoms with E-state index in [0.29, 0.717) is 0 Å². The zero-order chi connectivity index (χ0) is 19.7. The molecule has 0 bridgehead atoms. The minimum Gasteiger partial charge on any atom is -0.399 e. The molecule has 1 unspecified atom stereocenters. The molecule has 0 amide bonds. The van der Waals surface area contributed by atoms with Gasteiger partial charge in [0.25, 0.3) is 0 Å². The summed E-state index contributed by atoms with van der Waals surface area (Å²) in [5.74, 6) is 0. The highest BCUT2D eigenvalue weighted by molar-refractivity contribution is 7.00. The van der Waals surface area contributed by atoms with Crippen molar-refractivity contribution in [1.82, 2.24) is 0 Å². The molecule has 0 fully saturated rings. The monoisotopic (exact) mass is 414 g/mol. The Balaban J connectivity index is 3.37. The van der Waals surface area contributed by atoms with Crippen LogP contribution in [0.5, 0.6) is 0 Å². The molecule has 0 aliphatic rings. The molecule has 9 heteroatoms. The molecular formula is C17H30O6Si3. The number of hydrogen-bond acceptors (Lipinski definition) is 6. The van der Waals surface area contributed by atoms with Crippen LogP contribution < -0.4 is 5.19 Å². The van der Waals surface area contributed by atoms with E-state index < -0.39 is 25.0 Å². The van der Waals surface area contributed by atoms with Crippen molar-refractivity contribution >= 4 is 30.1 Å². The maximum absolute atomic E-state index is 9.65. The fourth-order valence-corrected chi connectivity index (χ4v) is 10.4. The van der Waals surface area contributed by atoms with Gasteiger partial charge in [0.05, 0.1) is 0 Å². The van der Waals surface area contributed by atoms with E-state index in [9.17, 15) is 15.3 Å². The van der Waals surface area contributed by atoms with E-state index in [0.717, 1.165) is 5.19 Å². The van der Waals surface area contributed by atoms with Crippen LogP contribution in [-0.4, -0.2) is 80.3 Å². The Morgan fingerprint density at radius 3 is 1.65 bits per heavy atom. The Morgan fingerprint density at radius 1 is 0.769 bits per heavy atom. The lowest BCUT2D eigenvalue weighted by molar-refractivity contribution is 0.138. The van der Waals surface area contributed by atoms with Gasteiger partial charge in [0, 0.05) is 40.0 Å². The summed E-state index contributed by atoms with van der Waals surface area (Å²) in [5.41, 5.74) is 7.85. The topological polar surface area (TPSA) is 88.4 Å². The van der Waals surface area contributed by atoms with Crippen molar-refractivity contribution in [3.8, 4) is 0 Å². The van der Waals surface area contributed by atoms with Crippen LogP contribution in [0.3, 0.4) is 0 Å². The molecule has 1 rings (SSSR count). The summed E-state index contributed by atoms with van der Waals surface area (Å²) >= 11 is 0. The standard InChI is InChI=1S/C17H30O6Si3/c1-21-26(22-2,23-3)13-11-24(4,17-8-6-5-7-9-17)10-12-25(14-18,15-19)16-20/h5-13,18-20H,14-16H2,1-4H3. The van der Waals surface area contributed by atoms with Gasteiger partial charge < -0.3 is 28.6 Å². The smallest absolute Gasteiger partial charge is 0.399 e. The molecule has 3 N–H and O–H groups in total. The highest BCUT2D eigenvalue weighted by Gasteiger charge is 2.37. The molecule has 1 aromatic rings. The summed E-state index contributed by atoms with van der Waals surface area (Å²) in [6.07, 6.45) is -0.606. The van der Waals surface area contributed by atoms with Gasteiger partial charge in [-0.05, 0) is 5.70 Å². The van der Waals surface area contributed by atoms with Crippen LogP contribution in [0.4, 0.5) is 0 Å². The summed E-state index contributed by atoms with van der Waals surface area (Å²) in [7, 11) is -3.17. The second-order valence-electron chi connectivity index (χ2n) is 6.37. The van der Waals surface area contributed by atoms with E-state index in [2.05, 4.69) is 24.4 Å². The molecule has 0 aromatic heterocycles. The molecule has 146 valence electrons. The number of rotatable bonds is 11. The first-order chi connectivity index (χ1) is 12.4. The van der Waals surface area contributed by atoms with Crippen LogP contribution in [0, 0.1) is 0 Å². The van der Waals surface area contributed by atoms with Gasteiger partial charge >= 0.3 is 8.80 Å². The van der Waals surface area contributed by atoms with Crippen LogP contribution in [0.15, 0.2) is 53.1 Å². The van der Waals surface area contributed by atoms with E-state index in [1.165, 1.54) is 0 Å². The largest absolute Gasteiger partial charge is 0.528 e. The Morgan fingerprint density at radius 2 is 1.23 bits per heavy atom.